The second kappa shape index (κ2) is 9.18. The van der Waals surface area contributed by atoms with Crippen LogP contribution >= 0.6 is 0 Å². The van der Waals surface area contributed by atoms with E-state index in [0.717, 1.165) is 18.4 Å². The van der Waals surface area contributed by atoms with Gasteiger partial charge >= 0.3 is 0 Å². The van der Waals surface area contributed by atoms with Gasteiger partial charge in [0, 0.05) is 19.5 Å². The van der Waals surface area contributed by atoms with Gasteiger partial charge in [-0.2, -0.15) is 0 Å². The first-order valence-electron chi connectivity index (χ1n) is 8.45. The Morgan fingerprint density at radius 1 is 1.04 bits per heavy atom. The highest BCUT2D eigenvalue weighted by Gasteiger charge is 2.16. The lowest BCUT2D eigenvalue weighted by Crippen LogP contribution is -2.36. The van der Waals surface area contributed by atoms with Crippen LogP contribution in [0, 0.1) is 5.92 Å². The van der Waals surface area contributed by atoms with Gasteiger partial charge in [-0.25, -0.2) is 0 Å². The summed E-state index contributed by atoms with van der Waals surface area (Å²) in [6.07, 6.45) is 6.93. The van der Waals surface area contributed by atoms with E-state index in [2.05, 4.69) is 10.6 Å². The molecule has 0 atom stereocenters. The lowest BCUT2D eigenvalue weighted by molar-refractivity contribution is -0.123. The van der Waals surface area contributed by atoms with Crippen molar-refractivity contribution in [2.24, 2.45) is 5.92 Å². The quantitative estimate of drug-likeness (QED) is 0.674. The number of amides is 2. The van der Waals surface area contributed by atoms with E-state index in [1.54, 1.807) is 24.3 Å². The minimum atomic E-state index is -0.114. The topological polar surface area (TPSA) is 78.4 Å². The molecule has 1 aromatic carbocycles. The van der Waals surface area contributed by atoms with Crippen LogP contribution in [0.25, 0.3) is 0 Å². The number of nitrogens with one attached hydrogen (secondary N) is 2. The Bertz CT molecular complexity index is 525. The normalized spacial score (nSPS) is 15.1. The fourth-order valence-corrected chi connectivity index (χ4v) is 3.04. The molecular weight excluding hydrogens is 292 g/mol. The predicted octanol–water partition coefficient (Wildman–Crippen LogP) is 2.14. The molecule has 5 heteroatoms. The van der Waals surface area contributed by atoms with Crippen LogP contribution in [0.4, 0.5) is 0 Å². The first-order chi connectivity index (χ1) is 11.1. The van der Waals surface area contributed by atoms with Crippen molar-refractivity contribution in [2.45, 2.75) is 44.9 Å². The van der Waals surface area contributed by atoms with Gasteiger partial charge in [-0.05, 0) is 36.5 Å². The number of benzene rings is 1. The molecule has 1 fully saturated rings. The molecule has 0 unspecified atom stereocenters. The fraction of sp³-hybridized carbons (Fsp3) is 0.556. The van der Waals surface area contributed by atoms with Gasteiger partial charge in [0.15, 0.2) is 0 Å². The van der Waals surface area contributed by atoms with Gasteiger partial charge in [0.2, 0.25) is 11.8 Å². The summed E-state index contributed by atoms with van der Waals surface area (Å²) in [5, 5.41) is 15.0. The van der Waals surface area contributed by atoms with E-state index >= 15 is 0 Å². The Kier molecular flexibility index (Phi) is 6.91. The molecule has 1 saturated carbocycles. The van der Waals surface area contributed by atoms with Crippen LogP contribution < -0.4 is 10.6 Å². The van der Waals surface area contributed by atoms with E-state index in [1.165, 1.54) is 19.3 Å². The molecule has 0 aliphatic heterocycles. The molecule has 0 heterocycles. The summed E-state index contributed by atoms with van der Waals surface area (Å²) < 4.78 is 0. The first-order valence-corrected chi connectivity index (χ1v) is 8.45. The van der Waals surface area contributed by atoms with Crippen LogP contribution in [0.2, 0.25) is 0 Å². The number of phenolic OH excluding ortho intramolecular Hbond substituents is 1. The molecule has 23 heavy (non-hydrogen) atoms. The van der Waals surface area contributed by atoms with Crippen molar-refractivity contribution in [3.05, 3.63) is 29.8 Å². The first kappa shape index (κ1) is 17.3. The van der Waals surface area contributed by atoms with Gasteiger partial charge in [0.1, 0.15) is 5.75 Å². The average Bonchev–Trinajstić information content (AvgIpc) is 2.52. The SMILES string of the molecule is O=C(Cc1cccc(O)c1)NCCNC(=O)CC1CCCCC1. The maximum absolute atomic E-state index is 11.8. The van der Waals surface area contributed by atoms with Gasteiger partial charge in [-0.3, -0.25) is 9.59 Å². The van der Waals surface area contributed by atoms with E-state index in [0.29, 0.717) is 25.4 Å². The zero-order valence-corrected chi connectivity index (χ0v) is 13.5. The molecule has 0 bridgehead atoms. The molecule has 2 rings (SSSR count). The number of hydrogen-bond acceptors (Lipinski definition) is 3. The Morgan fingerprint density at radius 3 is 2.43 bits per heavy atom. The van der Waals surface area contributed by atoms with Crippen LogP contribution in [0.3, 0.4) is 0 Å². The van der Waals surface area contributed by atoms with Crippen molar-refractivity contribution in [3.63, 3.8) is 0 Å². The Hall–Kier alpha value is -2.04. The molecule has 0 aromatic heterocycles. The average molecular weight is 318 g/mol. The van der Waals surface area contributed by atoms with Crippen LogP contribution in [-0.4, -0.2) is 30.0 Å². The smallest absolute Gasteiger partial charge is 0.224 e. The number of hydrogen-bond donors (Lipinski definition) is 3. The van der Waals surface area contributed by atoms with Crippen molar-refractivity contribution in [1.29, 1.82) is 0 Å². The van der Waals surface area contributed by atoms with Gasteiger partial charge < -0.3 is 15.7 Å². The van der Waals surface area contributed by atoms with Crippen molar-refractivity contribution < 1.29 is 14.7 Å². The lowest BCUT2D eigenvalue weighted by atomic mass is 9.87. The van der Waals surface area contributed by atoms with E-state index in [1.807, 2.05) is 0 Å². The Balaban J connectivity index is 1.57. The van der Waals surface area contributed by atoms with E-state index in [4.69, 9.17) is 0 Å². The van der Waals surface area contributed by atoms with Crippen LogP contribution in [0.15, 0.2) is 24.3 Å². The summed E-state index contributed by atoms with van der Waals surface area (Å²) in [6, 6.07) is 6.66. The standard InChI is InChI=1S/C18H26N2O3/c21-16-8-4-7-15(11-16)13-18(23)20-10-9-19-17(22)12-14-5-2-1-3-6-14/h4,7-8,11,14,21H,1-3,5-6,9-10,12-13H2,(H,19,22)(H,20,23). The largest absolute Gasteiger partial charge is 0.508 e. The number of aromatic hydroxyl groups is 1. The summed E-state index contributed by atoms with van der Waals surface area (Å²) >= 11 is 0. The van der Waals surface area contributed by atoms with E-state index in [-0.39, 0.29) is 24.0 Å². The van der Waals surface area contributed by atoms with Gasteiger partial charge in [0.05, 0.1) is 6.42 Å². The predicted molar refractivity (Wildman–Crippen MR) is 89.0 cm³/mol. The number of rotatable bonds is 7. The van der Waals surface area contributed by atoms with Crippen LogP contribution in [0.5, 0.6) is 5.75 Å². The molecule has 0 saturated heterocycles. The number of phenols is 1. The maximum Gasteiger partial charge on any atom is 0.224 e. The van der Waals surface area contributed by atoms with Crippen LogP contribution in [0.1, 0.15) is 44.1 Å². The Labute approximate surface area is 137 Å². The highest BCUT2D eigenvalue weighted by Crippen LogP contribution is 2.25. The number of carbonyl (C=O) groups excluding carboxylic acids is 2. The molecule has 1 aliphatic carbocycles. The zero-order valence-electron chi connectivity index (χ0n) is 13.5. The van der Waals surface area contributed by atoms with Crippen LogP contribution in [-0.2, 0) is 16.0 Å². The highest BCUT2D eigenvalue weighted by atomic mass is 16.3. The van der Waals surface area contributed by atoms with Gasteiger partial charge in [0.25, 0.3) is 0 Å². The molecule has 0 radical (unpaired) electrons. The fourth-order valence-electron chi connectivity index (χ4n) is 3.04. The summed E-state index contributed by atoms with van der Waals surface area (Å²) in [4.78, 5) is 23.6. The minimum absolute atomic E-state index is 0.0825. The van der Waals surface area contributed by atoms with Crippen molar-refractivity contribution in [1.82, 2.24) is 10.6 Å². The summed E-state index contributed by atoms with van der Waals surface area (Å²) in [5.74, 6) is 0.658. The molecule has 0 spiro atoms. The molecule has 126 valence electrons. The third-order valence-corrected chi connectivity index (χ3v) is 4.24. The van der Waals surface area contributed by atoms with Gasteiger partial charge in [-0.1, -0.05) is 31.4 Å². The van der Waals surface area contributed by atoms with Crippen molar-refractivity contribution in [2.75, 3.05) is 13.1 Å². The highest BCUT2D eigenvalue weighted by molar-refractivity contribution is 5.79. The maximum atomic E-state index is 11.8. The van der Waals surface area contributed by atoms with Crippen molar-refractivity contribution >= 4 is 11.8 Å². The lowest BCUT2D eigenvalue weighted by Gasteiger charge is -2.20. The summed E-state index contributed by atoms with van der Waals surface area (Å²) in [5.41, 5.74) is 0.767. The summed E-state index contributed by atoms with van der Waals surface area (Å²) in [6.45, 7) is 0.880. The second-order valence-corrected chi connectivity index (χ2v) is 6.25. The molecule has 2 amide bonds. The zero-order chi connectivity index (χ0) is 16.5. The third-order valence-electron chi connectivity index (χ3n) is 4.24. The monoisotopic (exact) mass is 318 g/mol. The van der Waals surface area contributed by atoms with E-state index < -0.39 is 0 Å². The third kappa shape index (κ3) is 6.72. The second-order valence-electron chi connectivity index (χ2n) is 6.25. The van der Waals surface area contributed by atoms with Crippen molar-refractivity contribution in [3.8, 4) is 5.75 Å². The minimum Gasteiger partial charge on any atom is -0.508 e. The molecule has 1 aliphatic rings. The molecule has 1 aromatic rings. The number of carbonyl (C=O) groups is 2. The Morgan fingerprint density at radius 2 is 1.74 bits per heavy atom. The van der Waals surface area contributed by atoms with Gasteiger partial charge in [-0.15, -0.1) is 0 Å². The summed E-state index contributed by atoms with van der Waals surface area (Å²) in [7, 11) is 0. The molecular formula is C18H26N2O3. The molecule has 5 nitrogen and oxygen atoms in total. The van der Waals surface area contributed by atoms with E-state index in [9.17, 15) is 14.7 Å². The molecule has 3 N–H and O–H groups in total.